The van der Waals surface area contributed by atoms with E-state index in [9.17, 15) is 13.2 Å². The normalized spacial score (nSPS) is 11.7. The van der Waals surface area contributed by atoms with E-state index in [1.807, 2.05) is 26.2 Å². The van der Waals surface area contributed by atoms with Crippen LogP contribution in [0.3, 0.4) is 0 Å². The Hall–Kier alpha value is -1.77. The van der Waals surface area contributed by atoms with Gasteiger partial charge in [0.1, 0.15) is 0 Å². The van der Waals surface area contributed by atoms with E-state index in [0.29, 0.717) is 18.1 Å². The van der Waals surface area contributed by atoms with Crippen LogP contribution < -0.4 is 5.32 Å². The van der Waals surface area contributed by atoms with E-state index in [0.717, 1.165) is 17.7 Å². The van der Waals surface area contributed by atoms with Gasteiger partial charge in [0.25, 0.3) is 0 Å². The maximum Gasteiger partial charge on any atom is 0.243 e. The third-order valence-corrected chi connectivity index (χ3v) is 6.34. The summed E-state index contributed by atoms with van der Waals surface area (Å²) in [5.41, 5.74) is 1.80. The largest absolute Gasteiger partial charge is 0.301 e. The van der Waals surface area contributed by atoms with Gasteiger partial charge in [-0.05, 0) is 32.4 Å². The molecule has 2 rings (SSSR count). The number of benzene rings is 1. The fourth-order valence-electron chi connectivity index (χ4n) is 2.21. The van der Waals surface area contributed by atoms with E-state index >= 15 is 0 Å². The summed E-state index contributed by atoms with van der Waals surface area (Å²) in [5.74, 6) is -0.388. The molecular formula is C17H23N3O3S2. The molecule has 0 saturated carbocycles. The fourth-order valence-corrected chi connectivity index (χ4v) is 4.35. The number of unbranched alkanes of at least 4 members (excludes halogenated alkanes) is 1. The van der Waals surface area contributed by atoms with E-state index in [-0.39, 0.29) is 17.3 Å². The minimum atomic E-state index is -3.72. The molecule has 6 nitrogen and oxygen atoms in total. The molecule has 1 N–H and O–H groups in total. The number of hydrogen-bond acceptors (Lipinski definition) is 5. The van der Waals surface area contributed by atoms with Crippen LogP contribution in [0.2, 0.25) is 0 Å². The molecule has 0 saturated heterocycles. The standard InChI is InChI=1S/C17H23N3O3S2/c1-4-5-10-20(11-16(21)19-17-18-14(3)12-24-17)25(22,23)15-8-6-13(2)7-9-15/h6-9,12H,4-5,10-11H2,1-3H3,(H,18,19,21). The van der Waals surface area contributed by atoms with Crippen molar-refractivity contribution in [3.8, 4) is 0 Å². The molecule has 8 heteroatoms. The number of nitrogens with one attached hydrogen (secondary N) is 1. The smallest absolute Gasteiger partial charge is 0.243 e. The second-order valence-corrected chi connectivity index (χ2v) is 8.64. The number of thiazole rings is 1. The summed E-state index contributed by atoms with van der Waals surface area (Å²) in [6, 6.07) is 6.66. The van der Waals surface area contributed by atoms with E-state index in [1.54, 1.807) is 24.3 Å². The molecule has 136 valence electrons. The van der Waals surface area contributed by atoms with Crippen molar-refractivity contribution < 1.29 is 13.2 Å². The van der Waals surface area contributed by atoms with Crippen LogP contribution in [0.5, 0.6) is 0 Å². The second-order valence-electron chi connectivity index (χ2n) is 5.85. The van der Waals surface area contributed by atoms with Gasteiger partial charge in [0.2, 0.25) is 15.9 Å². The quantitative estimate of drug-likeness (QED) is 0.762. The van der Waals surface area contributed by atoms with Crippen molar-refractivity contribution >= 4 is 32.4 Å². The first-order valence-electron chi connectivity index (χ1n) is 8.11. The minimum absolute atomic E-state index is 0.201. The number of nitrogens with zero attached hydrogens (tertiary/aromatic N) is 2. The Morgan fingerprint density at radius 1 is 1.24 bits per heavy atom. The first-order valence-corrected chi connectivity index (χ1v) is 10.4. The summed E-state index contributed by atoms with van der Waals surface area (Å²) in [6.07, 6.45) is 1.53. The summed E-state index contributed by atoms with van der Waals surface area (Å²) in [6.45, 7) is 5.79. The molecule has 0 spiro atoms. The fraction of sp³-hybridized carbons (Fsp3) is 0.412. The van der Waals surface area contributed by atoms with Gasteiger partial charge in [0.05, 0.1) is 17.1 Å². The van der Waals surface area contributed by atoms with Gasteiger partial charge in [-0.2, -0.15) is 4.31 Å². The third-order valence-electron chi connectivity index (χ3n) is 3.61. The van der Waals surface area contributed by atoms with Crippen molar-refractivity contribution in [1.82, 2.24) is 9.29 Å². The summed E-state index contributed by atoms with van der Waals surface area (Å²) in [4.78, 5) is 16.6. The topological polar surface area (TPSA) is 79.4 Å². The Kier molecular flexibility index (Phi) is 6.69. The van der Waals surface area contributed by atoms with Gasteiger partial charge in [0.15, 0.2) is 5.13 Å². The van der Waals surface area contributed by atoms with Crippen LogP contribution in [-0.4, -0.2) is 36.7 Å². The lowest BCUT2D eigenvalue weighted by molar-refractivity contribution is -0.116. The van der Waals surface area contributed by atoms with Crippen LogP contribution in [0.1, 0.15) is 31.0 Å². The van der Waals surface area contributed by atoms with Crippen molar-refractivity contribution in [2.45, 2.75) is 38.5 Å². The number of anilines is 1. The van der Waals surface area contributed by atoms with Gasteiger partial charge in [-0.1, -0.05) is 31.0 Å². The van der Waals surface area contributed by atoms with Crippen LogP contribution in [0, 0.1) is 13.8 Å². The monoisotopic (exact) mass is 381 g/mol. The number of amides is 1. The molecule has 2 aromatic rings. The average molecular weight is 382 g/mol. The van der Waals surface area contributed by atoms with Crippen LogP contribution in [-0.2, 0) is 14.8 Å². The first kappa shape index (κ1) is 19.6. The zero-order valence-corrected chi connectivity index (χ0v) is 16.3. The molecule has 0 aliphatic carbocycles. The molecule has 0 aliphatic rings. The maximum atomic E-state index is 12.9. The molecule has 1 aromatic heterocycles. The predicted octanol–water partition coefficient (Wildman–Crippen LogP) is 3.19. The number of rotatable bonds is 8. The van der Waals surface area contributed by atoms with Crippen molar-refractivity contribution in [3.05, 3.63) is 40.9 Å². The van der Waals surface area contributed by atoms with E-state index in [1.165, 1.54) is 15.6 Å². The summed E-state index contributed by atoms with van der Waals surface area (Å²) in [5, 5.41) is 4.97. The maximum absolute atomic E-state index is 12.9. The molecule has 0 atom stereocenters. The lowest BCUT2D eigenvalue weighted by Gasteiger charge is -2.21. The van der Waals surface area contributed by atoms with Gasteiger partial charge >= 0.3 is 0 Å². The molecule has 1 heterocycles. The van der Waals surface area contributed by atoms with Gasteiger partial charge in [-0.15, -0.1) is 11.3 Å². The number of carbonyl (C=O) groups excluding carboxylic acids is 1. The van der Waals surface area contributed by atoms with Crippen LogP contribution in [0.15, 0.2) is 34.5 Å². The molecule has 25 heavy (non-hydrogen) atoms. The highest BCUT2D eigenvalue weighted by molar-refractivity contribution is 7.89. The molecule has 0 fully saturated rings. The average Bonchev–Trinajstić information content (AvgIpc) is 2.96. The predicted molar refractivity (Wildman–Crippen MR) is 100 cm³/mol. The third kappa shape index (κ3) is 5.35. The molecule has 0 radical (unpaired) electrons. The van der Waals surface area contributed by atoms with Gasteiger partial charge < -0.3 is 5.32 Å². The number of aryl methyl sites for hydroxylation is 2. The number of sulfonamides is 1. The number of hydrogen-bond donors (Lipinski definition) is 1. The van der Waals surface area contributed by atoms with Crippen LogP contribution >= 0.6 is 11.3 Å². The Morgan fingerprint density at radius 3 is 2.48 bits per heavy atom. The minimum Gasteiger partial charge on any atom is -0.301 e. The highest BCUT2D eigenvalue weighted by atomic mass is 32.2. The molecule has 0 bridgehead atoms. The molecule has 0 aliphatic heterocycles. The highest BCUT2D eigenvalue weighted by Gasteiger charge is 2.26. The summed E-state index contributed by atoms with van der Waals surface area (Å²) >= 11 is 1.32. The highest BCUT2D eigenvalue weighted by Crippen LogP contribution is 2.18. The molecule has 1 amide bonds. The lowest BCUT2D eigenvalue weighted by atomic mass is 10.2. The Balaban J connectivity index is 2.16. The van der Waals surface area contributed by atoms with Crippen molar-refractivity contribution in [1.29, 1.82) is 0 Å². The molecular weight excluding hydrogens is 358 g/mol. The molecule has 1 aromatic carbocycles. The van der Waals surface area contributed by atoms with Crippen LogP contribution in [0.25, 0.3) is 0 Å². The Morgan fingerprint density at radius 2 is 1.92 bits per heavy atom. The van der Waals surface area contributed by atoms with E-state index in [2.05, 4.69) is 10.3 Å². The summed E-state index contributed by atoms with van der Waals surface area (Å²) in [7, 11) is -3.72. The van der Waals surface area contributed by atoms with Crippen molar-refractivity contribution in [2.75, 3.05) is 18.4 Å². The van der Waals surface area contributed by atoms with E-state index < -0.39 is 10.0 Å². The lowest BCUT2D eigenvalue weighted by Crippen LogP contribution is -2.38. The first-order chi connectivity index (χ1) is 11.8. The Labute approximate surface area is 153 Å². The van der Waals surface area contributed by atoms with Gasteiger partial charge in [-0.3, -0.25) is 4.79 Å². The van der Waals surface area contributed by atoms with Crippen molar-refractivity contribution in [3.63, 3.8) is 0 Å². The second kappa shape index (κ2) is 8.55. The molecule has 0 unspecified atom stereocenters. The van der Waals surface area contributed by atoms with E-state index in [4.69, 9.17) is 0 Å². The van der Waals surface area contributed by atoms with Gasteiger partial charge in [-0.25, -0.2) is 13.4 Å². The zero-order valence-electron chi connectivity index (χ0n) is 14.7. The van der Waals surface area contributed by atoms with Crippen molar-refractivity contribution in [2.24, 2.45) is 0 Å². The zero-order chi connectivity index (χ0) is 18.4. The van der Waals surface area contributed by atoms with Crippen LogP contribution in [0.4, 0.5) is 5.13 Å². The number of aromatic nitrogens is 1. The van der Waals surface area contributed by atoms with Gasteiger partial charge in [0, 0.05) is 11.9 Å². The Bertz CT molecular complexity index is 814. The SMILES string of the molecule is CCCCN(CC(=O)Nc1nc(C)cs1)S(=O)(=O)c1ccc(C)cc1. The number of carbonyl (C=O) groups is 1. The summed E-state index contributed by atoms with van der Waals surface area (Å²) < 4.78 is 27.0.